The van der Waals surface area contributed by atoms with Crippen molar-refractivity contribution in [3.05, 3.63) is 16.1 Å². The molecule has 8 heteroatoms. The summed E-state index contributed by atoms with van der Waals surface area (Å²) >= 11 is 1.07. The van der Waals surface area contributed by atoms with Crippen LogP contribution >= 0.6 is 11.3 Å². The van der Waals surface area contributed by atoms with Gasteiger partial charge in [0.15, 0.2) is 0 Å². The number of nitrogens with two attached hydrogens (primary N) is 1. The smallest absolute Gasteiger partial charge is 0.404 e. The Bertz CT molecular complexity index is 379. The summed E-state index contributed by atoms with van der Waals surface area (Å²) in [6, 6.07) is 0. The Hall–Kier alpha value is -1.67. The second kappa shape index (κ2) is 6.03. The van der Waals surface area contributed by atoms with Crippen molar-refractivity contribution in [3.63, 3.8) is 0 Å². The van der Waals surface area contributed by atoms with E-state index in [-0.39, 0.29) is 11.6 Å². The number of carbonyl (C=O) groups is 2. The molecule has 1 amide bonds. The van der Waals surface area contributed by atoms with Crippen molar-refractivity contribution in [3.8, 4) is 0 Å². The number of aromatic nitrogens is 1. The summed E-state index contributed by atoms with van der Waals surface area (Å²) in [5, 5.41) is 13.3. The van der Waals surface area contributed by atoms with Crippen LogP contribution in [0.25, 0.3) is 0 Å². The Balaban J connectivity index is 2.21. The Morgan fingerprint density at radius 3 is 2.94 bits per heavy atom. The maximum Gasteiger partial charge on any atom is 0.404 e. The zero-order valence-electron chi connectivity index (χ0n) is 8.30. The molecule has 0 bridgehead atoms. The van der Waals surface area contributed by atoms with E-state index in [0.29, 0.717) is 18.8 Å². The molecule has 0 saturated carbocycles. The highest BCUT2D eigenvalue weighted by molar-refractivity contribution is 7.11. The summed E-state index contributed by atoms with van der Waals surface area (Å²) in [6.45, 7) is 1.03. The predicted molar refractivity (Wildman–Crippen MR) is 56.3 cm³/mol. The second-order valence-corrected chi connectivity index (χ2v) is 3.65. The molecule has 0 aliphatic heterocycles. The fourth-order valence-electron chi connectivity index (χ4n) is 0.927. The van der Waals surface area contributed by atoms with Crippen LogP contribution in [0.15, 0.2) is 5.38 Å². The summed E-state index contributed by atoms with van der Waals surface area (Å²) in [4.78, 5) is 24.6. The van der Waals surface area contributed by atoms with Crippen LogP contribution in [-0.2, 0) is 11.3 Å². The molecule has 0 aliphatic rings. The Morgan fingerprint density at radius 2 is 2.38 bits per heavy atom. The minimum atomic E-state index is -1.03. The Morgan fingerprint density at radius 1 is 1.62 bits per heavy atom. The van der Waals surface area contributed by atoms with Crippen molar-refractivity contribution in [2.24, 2.45) is 5.73 Å². The predicted octanol–water partition coefficient (Wildman–Crippen LogP) is 0.0262. The zero-order chi connectivity index (χ0) is 12.0. The molecule has 1 aromatic rings. The molecule has 7 nitrogen and oxygen atoms in total. The molecule has 4 N–H and O–H groups in total. The van der Waals surface area contributed by atoms with Gasteiger partial charge in [0.2, 0.25) is 5.01 Å². The van der Waals surface area contributed by atoms with Crippen LogP contribution < -0.4 is 11.1 Å². The van der Waals surface area contributed by atoms with Gasteiger partial charge in [-0.05, 0) is 0 Å². The van der Waals surface area contributed by atoms with Gasteiger partial charge in [-0.3, -0.25) is 0 Å². The number of hydrogen-bond acceptors (Lipinski definition) is 6. The van der Waals surface area contributed by atoms with Crippen LogP contribution in [0.2, 0.25) is 0 Å². The summed E-state index contributed by atoms with van der Waals surface area (Å²) in [5.41, 5.74) is 5.40. The van der Waals surface area contributed by atoms with Crippen LogP contribution in [0.1, 0.15) is 15.5 Å². The van der Waals surface area contributed by atoms with Crippen LogP contribution in [-0.4, -0.2) is 35.3 Å². The molecule has 0 aliphatic carbocycles. The SMILES string of the molecule is NC(=O)OCCNCc1csc(C(=O)O)n1. The van der Waals surface area contributed by atoms with Crippen molar-refractivity contribution in [1.29, 1.82) is 0 Å². The lowest BCUT2D eigenvalue weighted by Crippen LogP contribution is -2.23. The van der Waals surface area contributed by atoms with Crippen molar-refractivity contribution >= 4 is 23.4 Å². The number of nitrogens with one attached hydrogen (secondary N) is 1. The van der Waals surface area contributed by atoms with Gasteiger partial charge in [-0.15, -0.1) is 11.3 Å². The molecule has 16 heavy (non-hydrogen) atoms. The number of carbonyl (C=O) groups excluding carboxylic acids is 1. The van der Waals surface area contributed by atoms with E-state index in [1.807, 2.05) is 0 Å². The zero-order valence-corrected chi connectivity index (χ0v) is 9.12. The Labute approximate surface area is 95.2 Å². The first-order valence-corrected chi connectivity index (χ1v) is 5.28. The molecule has 0 atom stereocenters. The molecule has 1 aromatic heterocycles. The van der Waals surface area contributed by atoms with Gasteiger partial charge in [0.05, 0.1) is 5.69 Å². The van der Waals surface area contributed by atoms with Crippen molar-refractivity contribution in [1.82, 2.24) is 10.3 Å². The average Bonchev–Trinajstić information content (AvgIpc) is 2.65. The van der Waals surface area contributed by atoms with Gasteiger partial charge < -0.3 is 20.9 Å². The van der Waals surface area contributed by atoms with E-state index in [4.69, 9.17) is 10.8 Å². The molecule has 0 aromatic carbocycles. The molecule has 1 heterocycles. The number of aromatic carboxylic acids is 1. The van der Waals surface area contributed by atoms with Crippen LogP contribution in [0, 0.1) is 0 Å². The van der Waals surface area contributed by atoms with E-state index in [0.717, 1.165) is 11.3 Å². The van der Waals surface area contributed by atoms with Crippen LogP contribution in [0.5, 0.6) is 0 Å². The number of hydrogen-bond donors (Lipinski definition) is 3. The quantitative estimate of drug-likeness (QED) is 0.609. The highest BCUT2D eigenvalue weighted by atomic mass is 32.1. The molecule has 1 rings (SSSR count). The van der Waals surface area contributed by atoms with Gasteiger partial charge in [0.1, 0.15) is 6.61 Å². The van der Waals surface area contributed by atoms with E-state index in [2.05, 4.69) is 15.0 Å². The Kier molecular flexibility index (Phi) is 4.67. The lowest BCUT2D eigenvalue weighted by molar-refractivity contribution is 0.0696. The molecule has 0 fully saturated rings. The molecule has 0 spiro atoms. The molecular weight excluding hydrogens is 234 g/mol. The van der Waals surface area contributed by atoms with E-state index < -0.39 is 12.1 Å². The number of carboxylic acid groups (broad SMARTS) is 1. The molecule has 88 valence electrons. The number of thiazole rings is 1. The van der Waals surface area contributed by atoms with E-state index >= 15 is 0 Å². The highest BCUT2D eigenvalue weighted by Gasteiger charge is 2.08. The average molecular weight is 245 g/mol. The molecule has 0 radical (unpaired) electrons. The minimum Gasteiger partial charge on any atom is -0.476 e. The number of carboxylic acids is 1. The number of nitrogens with zero attached hydrogens (tertiary/aromatic N) is 1. The van der Waals surface area contributed by atoms with Gasteiger partial charge in [-0.25, -0.2) is 14.6 Å². The maximum atomic E-state index is 10.5. The van der Waals surface area contributed by atoms with E-state index in [9.17, 15) is 9.59 Å². The first-order chi connectivity index (χ1) is 7.59. The van der Waals surface area contributed by atoms with Gasteiger partial charge in [0.25, 0.3) is 0 Å². The van der Waals surface area contributed by atoms with Gasteiger partial charge in [-0.2, -0.15) is 0 Å². The third kappa shape index (κ3) is 4.24. The van der Waals surface area contributed by atoms with Crippen molar-refractivity contribution in [2.75, 3.05) is 13.2 Å². The standard InChI is InChI=1S/C8H11N3O4S/c9-8(14)15-2-1-10-3-5-4-16-6(11-5)7(12)13/h4,10H,1-3H2,(H2,9,14)(H,12,13). The lowest BCUT2D eigenvalue weighted by atomic mass is 10.5. The van der Waals surface area contributed by atoms with Crippen LogP contribution in [0.3, 0.4) is 0 Å². The third-order valence-electron chi connectivity index (χ3n) is 1.56. The maximum absolute atomic E-state index is 10.5. The van der Waals surface area contributed by atoms with Crippen molar-refractivity contribution < 1.29 is 19.4 Å². The molecule has 0 unspecified atom stereocenters. The van der Waals surface area contributed by atoms with Gasteiger partial charge in [-0.1, -0.05) is 0 Å². The first-order valence-electron chi connectivity index (χ1n) is 4.40. The lowest BCUT2D eigenvalue weighted by Gasteiger charge is -2.02. The number of ether oxygens (including phenoxy) is 1. The van der Waals surface area contributed by atoms with E-state index in [1.165, 1.54) is 0 Å². The summed E-state index contributed by atoms with van der Waals surface area (Å²) in [6.07, 6.45) is -0.816. The van der Waals surface area contributed by atoms with Crippen LogP contribution in [0.4, 0.5) is 4.79 Å². The first kappa shape index (κ1) is 12.4. The fraction of sp³-hybridized carbons (Fsp3) is 0.375. The highest BCUT2D eigenvalue weighted by Crippen LogP contribution is 2.08. The minimum absolute atomic E-state index is 0.0604. The number of primary amides is 1. The fourth-order valence-corrected chi connectivity index (χ4v) is 1.58. The summed E-state index contributed by atoms with van der Waals surface area (Å²) < 4.78 is 4.49. The molecular formula is C8H11N3O4S. The van der Waals surface area contributed by atoms with Gasteiger partial charge in [0, 0.05) is 18.5 Å². The number of rotatable bonds is 6. The number of amides is 1. The summed E-state index contributed by atoms with van der Waals surface area (Å²) in [7, 11) is 0. The third-order valence-corrected chi connectivity index (χ3v) is 2.44. The second-order valence-electron chi connectivity index (χ2n) is 2.79. The van der Waals surface area contributed by atoms with Gasteiger partial charge >= 0.3 is 12.1 Å². The topological polar surface area (TPSA) is 115 Å². The largest absolute Gasteiger partial charge is 0.476 e. The van der Waals surface area contributed by atoms with Crippen molar-refractivity contribution in [2.45, 2.75) is 6.54 Å². The molecule has 0 saturated heterocycles. The monoisotopic (exact) mass is 245 g/mol. The normalized spacial score (nSPS) is 10.0. The summed E-state index contributed by atoms with van der Waals surface area (Å²) in [5.74, 6) is -1.03. The van der Waals surface area contributed by atoms with E-state index in [1.54, 1.807) is 5.38 Å².